The maximum Gasteiger partial charge on any atom is 0.313 e. The van der Waals surface area contributed by atoms with Gasteiger partial charge in [0.15, 0.2) is 5.82 Å². The topological polar surface area (TPSA) is 80.4 Å². The Morgan fingerprint density at radius 1 is 1.28 bits per heavy atom. The Kier molecular flexibility index (Phi) is 6.09. The van der Waals surface area contributed by atoms with Crippen LogP contribution in [0.2, 0.25) is 5.02 Å². The first-order valence-electron chi connectivity index (χ1n) is 8.23. The van der Waals surface area contributed by atoms with Crippen LogP contribution in [-0.2, 0) is 4.79 Å². The van der Waals surface area contributed by atoms with Gasteiger partial charge in [-0.05, 0) is 30.5 Å². The normalized spacial score (nSPS) is 15.7. The molecule has 6 nitrogen and oxygen atoms in total. The predicted octanol–water partition coefficient (Wildman–Crippen LogP) is 4.04. The highest BCUT2D eigenvalue weighted by Gasteiger charge is 2.23. The van der Waals surface area contributed by atoms with Gasteiger partial charge in [0.05, 0.1) is 12.0 Å². The van der Waals surface area contributed by atoms with Crippen LogP contribution in [0.1, 0.15) is 49.4 Å². The van der Waals surface area contributed by atoms with Crippen molar-refractivity contribution in [2.75, 3.05) is 5.75 Å². The molecule has 2 aromatic rings. The van der Waals surface area contributed by atoms with Crippen molar-refractivity contribution in [3.05, 3.63) is 40.7 Å². The summed E-state index contributed by atoms with van der Waals surface area (Å²) in [5.41, 5.74) is 0.905. The molecule has 1 fully saturated rings. The number of carboxylic acids is 1. The first-order valence-corrected chi connectivity index (χ1v) is 9.59. The lowest BCUT2D eigenvalue weighted by Gasteiger charge is -2.20. The van der Waals surface area contributed by atoms with Crippen molar-refractivity contribution < 1.29 is 9.90 Å². The molecule has 0 bridgehead atoms. The first kappa shape index (κ1) is 17.9. The van der Waals surface area contributed by atoms with Crippen molar-refractivity contribution in [2.45, 2.75) is 43.2 Å². The standard InChI is InChI=1S/C17H19ClN4O2S/c18-14-8-6-12(7-9-14)10-19-22-16(13-4-2-1-3-5-13)20-21-17(22)25-11-15(23)24/h6-10,13H,1-5,11H2,(H,23,24)/b19-10-. The molecular weight excluding hydrogens is 360 g/mol. The minimum atomic E-state index is -0.888. The highest BCUT2D eigenvalue weighted by atomic mass is 35.5. The van der Waals surface area contributed by atoms with Gasteiger partial charge in [-0.3, -0.25) is 4.79 Å². The fourth-order valence-electron chi connectivity index (χ4n) is 2.89. The molecule has 1 aliphatic rings. The molecule has 25 heavy (non-hydrogen) atoms. The highest BCUT2D eigenvalue weighted by molar-refractivity contribution is 7.99. The molecule has 1 aromatic carbocycles. The molecule has 0 radical (unpaired) electrons. The minimum absolute atomic E-state index is 0.0702. The van der Waals surface area contributed by atoms with Crippen LogP contribution in [-0.4, -0.2) is 37.9 Å². The molecule has 1 aromatic heterocycles. The molecule has 0 amide bonds. The summed E-state index contributed by atoms with van der Waals surface area (Å²) in [5, 5.41) is 23.1. The van der Waals surface area contributed by atoms with E-state index in [1.54, 1.807) is 23.0 Å². The van der Waals surface area contributed by atoms with E-state index in [4.69, 9.17) is 16.7 Å². The maximum atomic E-state index is 10.9. The van der Waals surface area contributed by atoms with Gasteiger partial charge in [-0.2, -0.15) is 9.78 Å². The fraction of sp³-hybridized carbons (Fsp3) is 0.412. The number of aliphatic carboxylic acids is 1. The van der Waals surface area contributed by atoms with E-state index in [2.05, 4.69) is 15.3 Å². The molecule has 0 spiro atoms. The molecule has 0 atom stereocenters. The lowest BCUT2D eigenvalue weighted by Crippen LogP contribution is -2.11. The zero-order valence-corrected chi connectivity index (χ0v) is 15.2. The molecule has 1 saturated carbocycles. The van der Waals surface area contributed by atoms with Crippen molar-refractivity contribution in [1.82, 2.24) is 14.9 Å². The number of rotatable bonds is 6. The van der Waals surface area contributed by atoms with Gasteiger partial charge in [-0.1, -0.05) is 54.8 Å². The zero-order valence-electron chi connectivity index (χ0n) is 13.6. The average molecular weight is 379 g/mol. The number of benzene rings is 1. The third-order valence-corrected chi connectivity index (χ3v) is 5.28. The minimum Gasteiger partial charge on any atom is -0.481 e. The Labute approximate surface area is 155 Å². The van der Waals surface area contributed by atoms with Crippen LogP contribution < -0.4 is 0 Å². The number of hydrogen-bond acceptors (Lipinski definition) is 5. The third kappa shape index (κ3) is 4.83. The SMILES string of the molecule is O=C(O)CSc1nnc(C2CCCCC2)n1/N=C\c1ccc(Cl)cc1. The number of carbonyl (C=O) groups is 1. The van der Waals surface area contributed by atoms with Crippen LogP contribution in [0.4, 0.5) is 0 Å². The number of hydrogen-bond donors (Lipinski definition) is 1. The summed E-state index contributed by atoms with van der Waals surface area (Å²) in [5.74, 6) is 0.181. The van der Waals surface area contributed by atoms with Gasteiger partial charge in [0.1, 0.15) is 0 Å². The second-order valence-corrected chi connectivity index (χ2v) is 7.34. The molecule has 132 valence electrons. The maximum absolute atomic E-state index is 10.9. The number of aromatic nitrogens is 3. The summed E-state index contributed by atoms with van der Waals surface area (Å²) >= 11 is 7.04. The lowest BCUT2D eigenvalue weighted by molar-refractivity contribution is -0.133. The van der Waals surface area contributed by atoms with E-state index in [0.717, 1.165) is 36.0 Å². The van der Waals surface area contributed by atoms with Crippen LogP contribution in [0.5, 0.6) is 0 Å². The summed E-state index contributed by atoms with van der Waals surface area (Å²) in [7, 11) is 0. The smallest absolute Gasteiger partial charge is 0.313 e. The fourth-order valence-corrected chi connectivity index (χ4v) is 3.63. The third-order valence-electron chi connectivity index (χ3n) is 4.12. The zero-order chi connectivity index (χ0) is 17.6. The molecule has 3 rings (SSSR count). The number of thioether (sulfide) groups is 1. The van der Waals surface area contributed by atoms with Gasteiger partial charge in [-0.25, -0.2) is 0 Å². The highest BCUT2D eigenvalue weighted by Crippen LogP contribution is 2.33. The second-order valence-electron chi connectivity index (χ2n) is 5.97. The quantitative estimate of drug-likeness (QED) is 0.606. The average Bonchev–Trinajstić information content (AvgIpc) is 3.03. The summed E-state index contributed by atoms with van der Waals surface area (Å²) < 4.78 is 1.69. The summed E-state index contributed by atoms with van der Waals surface area (Å²) in [6.07, 6.45) is 7.46. The van der Waals surface area contributed by atoms with Crippen molar-refractivity contribution >= 4 is 35.5 Å². The van der Waals surface area contributed by atoms with Crippen LogP contribution in [0, 0.1) is 0 Å². The van der Waals surface area contributed by atoms with Gasteiger partial charge in [0.2, 0.25) is 5.16 Å². The van der Waals surface area contributed by atoms with E-state index in [0.29, 0.717) is 16.1 Å². The van der Waals surface area contributed by atoms with E-state index < -0.39 is 5.97 Å². The van der Waals surface area contributed by atoms with Crippen molar-refractivity contribution in [3.8, 4) is 0 Å². The van der Waals surface area contributed by atoms with Gasteiger partial charge in [0, 0.05) is 10.9 Å². The molecule has 1 heterocycles. The molecule has 0 saturated heterocycles. The Morgan fingerprint density at radius 3 is 2.68 bits per heavy atom. The molecule has 0 aliphatic heterocycles. The van der Waals surface area contributed by atoms with Gasteiger partial charge < -0.3 is 5.11 Å². The number of nitrogens with zero attached hydrogens (tertiary/aromatic N) is 4. The Morgan fingerprint density at radius 2 is 2.00 bits per heavy atom. The van der Waals surface area contributed by atoms with Gasteiger partial charge in [-0.15, -0.1) is 10.2 Å². The summed E-state index contributed by atoms with van der Waals surface area (Å²) in [6.45, 7) is 0. The molecule has 1 N–H and O–H groups in total. The van der Waals surface area contributed by atoms with E-state index >= 15 is 0 Å². The van der Waals surface area contributed by atoms with Crippen LogP contribution in [0.3, 0.4) is 0 Å². The van der Waals surface area contributed by atoms with Gasteiger partial charge >= 0.3 is 5.97 Å². The van der Waals surface area contributed by atoms with Crippen molar-refractivity contribution in [1.29, 1.82) is 0 Å². The Bertz CT molecular complexity index is 755. The number of halogens is 1. The summed E-state index contributed by atoms with van der Waals surface area (Å²) in [4.78, 5) is 10.9. The molecular formula is C17H19ClN4O2S. The largest absolute Gasteiger partial charge is 0.481 e. The van der Waals surface area contributed by atoms with E-state index in [9.17, 15) is 4.79 Å². The first-order chi connectivity index (χ1) is 12.1. The van der Waals surface area contributed by atoms with Crippen LogP contribution >= 0.6 is 23.4 Å². The lowest BCUT2D eigenvalue weighted by atomic mass is 9.89. The van der Waals surface area contributed by atoms with E-state index in [1.807, 2.05) is 12.1 Å². The molecule has 8 heteroatoms. The van der Waals surface area contributed by atoms with Crippen molar-refractivity contribution in [2.24, 2.45) is 5.10 Å². The molecule has 0 unspecified atom stereocenters. The summed E-state index contributed by atoms with van der Waals surface area (Å²) in [6, 6.07) is 7.36. The Hall–Kier alpha value is -1.86. The Balaban J connectivity index is 1.87. The number of carboxylic acid groups (broad SMARTS) is 1. The predicted molar refractivity (Wildman–Crippen MR) is 98.7 cm³/mol. The monoisotopic (exact) mass is 378 g/mol. The van der Waals surface area contributed by atoms with E-state index in [1.165, 1.54) is 19.3 Å². The van der Waals surface area contributed by atoms with Crippen LogP contribution in [0.25, 0.3) is 0 Å². The van der Waals surface area contributed by atoms with E-state index in [-0.39, 0.29) is 5.75 Å². The van der Waals surface area contributed by atoms with Crippen molar-refractivity contribution in [3.63, 3.8) is 0 Å². The second kappa shape index (κ2) is 8.49. The van der Waals surface area contributed by atoms with Gasteiger partial charge in [0.25, 0.3) is 0 Å². The van der Waals surface area contributed by atoms with Crippen LogP contribution in [0.15, 0.2) is 34.5 Å². The molecule has 1 aliphatic carbocycles.